The summed E-state index contributed by atoms with van der Waals surface area (Å²) in [6.45, 7) is 0.856. The van der Waals surface area contributed by atoms with Gasteiger partial charge in [0.15, 0.2) is 11.9 Å². The van der Waals surface area contributed by atoms with E-state index in [-0.39, 0.29) is 25.0 Å². The number of amides is 1. The van der Waals surface area contributed by atoms with Gasteiger partial charge >= 0.3 is 0 Å². The van der Waals surface area contributed by atoms with Crippen LogP contribution in [0, 0.1) is 11.8 Å². The van der Waals surface area contributed by atoms with Crippen molar-refractivity contribution in [2.45, 2.75) is 129 Å². The molecule has 0 aromatic rings. The summed E-state index contributed by atoms with van der Waals surface area (Å²) in [4.78, 5) is 12.9. The average molecular weight is 618 g/mol. The number of aliphatic hydroxyl groups excluding tert-OH is 4. The molecule has 2 heterocycles. The molecule has 15 atom stereocenters. The molecule has 0 aromatic carbocycles. The molecule has 0 bridgehead atoms. The van der Waals surface area contributed by atoms with Gasteiger partial charge in [-0.05, 0) is 44.6 Å². The number of nitrogens with one attached hydrogen (secondary N) is 2. The van der Waals surface area contributed by atoms with Gasteiger partial charge in [-0.25, -0.2) is 0 Å². The molecule has 3 aliphatic carbocycles. The summed E-state index contributed by atoms with van der Waals surface area (Å²) in [6.07, 6.45) is -5.31. The molecular formula is C27H51N7O9. The lowest BCUT2D eigenvalue weighted by Gasteiger charge is -2.51. The van der Waals surface area contributed by atoms with E-state index in [1.807, 2.05) is 0 Å². The first-order valence-corrected chi connectivity index (χ1v) is 15.5. The van der Waals surface area contributed by atoms with Crippen molar-refractivity contribution < 1.29 is 44.5 Å². The van der Waals surface area contributed by atoms with Crippen LogP contribution in [-0.2, 0) is 19.0 Å². The second-order valence-corrected chi connectivity index (χ2v) is 13.4. The number of hydrogen-bond acceptors (Lipinski definition) is 15. The van der Waals surface area contributed by atoms with Crippen LogP contribution in [0.2, 0.25) is 0 Å². The molecule has 0 spiro atoms. The minimum absolute atomic E-state index is 0.0808. The molecule has 2 saturated heterocycles. The molecule has 43 heavy (non-hydrogen) atoms. The Morgan fingerprint density at radius 1 is 0.930 bits per heavy atom. The third-order valence-corrected chi connectivity index (χ3v) is 10.1. The third kappa shape index (κ3) is 6.88. The van der Waals surface area contributed by atoms with Crippen LogP contribution in [0.25, 0.3) is 0 Å². The molecule has 5 aliphatic rings. The van der Waals surface area contributed by atoms with Gasteiger partial charge in [0.2, 0.25) is 0 Å². The maximum Gasteiger partial charge on any atom is 0.253 e. The molecule has 0 radical (unpaired) electrons. The van der Waals surface area contributed by atoms with Gasteiger partial charge in [0.25, 0.3) is 5.91 Å². The second-order valence-electron chi connectivity index (χ2n) is 13.4. The van der Waals surface area contributed by atoms with E-state index in [9.17, 15) is 30.3 Å². The molecule has 15 unspecified atom stereocenters. The SMILES string of the molecule is NC1CC(CNCC2CCC(N)C(C3C(N)CC(NC(=O)C4(O)CC4N)C(OC4OC(CO)C(O)C(N)C4O)C3O)O2)C1. The number of carbonyl (C=O) groups excluding carboxylic acids is 1. The van der Waals surface area contributed by atoms with Gasteiger partial charge in [-0.3, -0.25) is 4.79 Å². The van der Waals surface area contributed by atoms with Crippen molar-refractivity contribution in [1.82, 2.24) is 10.6 Å². The Bertz CT molecular complexity index is 964. The Balaban J connectivity index is 1.31. The second kappa shape index (κ2) is 13.3. The maximum atomic E-state index is 12.9. The van der Waals surface area contributed by atoms with Gasteiger partial charge in [0.05, 0.1) is 37.0 Å². The number of hydrogen-bond donors (Lipinski definition) is 12. The number of carbonyl (C=O) groups is 1. The van der Waals surface area contributed by atoms with E-state index in [1.54, 1.807) is 0 Å². The number of rotatable bonds is 10. The summed E-state index contributed by atoms with van der Waals surface area (Å²) < 4.78 is 18.2. The van der Waals surface area contributed by atoms with Crippen LogP contribution in [0.4, 0.5) is 0 Å². The first-order valence-electron chi connectivity index (χ1n) is 15.5. The quantitative estimate of drug-likeness (QED) is 0.109. The van der Waals surface area contributed by atoms with E-state index < -0.39 is 97.2 Å². The number of ether oxygens (including phenoxy) is 3. The van der Waals surface area contributed by atoms with Gasteiger partial charge in [0.1, 0.15) is 24.4 Å². The van der Waals surface area contributed by atoms with Crippen LogP contribution in [0.15, 0.2) is 0 Å². The highest BCUT2D eigenvalue weighted by Crippen LogP contribution is 2.38. The van der Waals surface area contributed by atoms with Crippen LogP contribution in [0.5, 0.6) is 0 Å². The van der Waals surface area contributed by atoms with Gasteiger partial charge in [-0.15, -0.1) is 0 Å². The van der Waals surface area contributed by atoms with E-state index in [2.05, 4.69) is 10.6 Å². The van der Waals surface area contributed by atoms with Gasteiger partial charge in [-0.1, -0.05) is 0 Å². The molecule has 16 nitrogen and oxygen atoms in total. The topological polar surface area (TPSA) is 300 Å². The lowest BCUT2D eigenvalue weighted by molar-refractivity contribution is -0.306. The third-order valence-electron chi connectivity index (χ3n) is 10.1. The van der Waals surface area contributed by atoms with Crippen molar-refractivity contribution in [2.24, 2.45) is 40.5 Å². The van der Waals surface area contributed by atoms with Crippen molar-refractivity contribution in [3.63, 3.8) is 0 Å². The summed E-state index contributed by atoms with van der Waals surface area (Å²) >= 11 is 0. The Morgan fingerprint density at radius 2 is 1.63 bits per heavy atom. The normalized spacial score (nSPS) is 51.9. The van der Waals surface area contributed by atoms with E-state index in [0.29, 0.717) is 18.9 Å². The zero-order valence-corrected chi connectivity index (χ0v) is 24.4. The molecule has 0 aromatic heterocycles. The summed E-state index contributed by atoms with van der Waals surface area (Å²) in [6, 6.07) is -3.71. The van der Waals surface area contributed by atoms with Crippen molar-refractivity contribution >= 4 is 5.91 Å². The van der Waals surface area contributed by atoms with Crippen LogP contribution in [-0.4, -0.2) is 142 Å². The van der Waals surface area contributed by atoms with Gasteiger partial charge in [0, 0.05) is 43.1 Å². The fourth-order valence-electron chi connectivity index (χ4n) is 7.13. The van der Waals surface area contributed by atoms with E-state index >= 15 is 0 Å². The molecule has 1 amide bonds. The largest absolute Gasteiger partial charge is 0.394 e. The maximum absolute atomic E-state index is 12.9. The predicted octanol–water partition coefficient (Wildman–Crippen LogP) is -6.01. The lowest BCUT2D eigenvalue weighted by Crippen LogP contribution is -2.69. The summed E-state index contributed by atoms with van der Waals surface area (Å²) in [7, 11) is 0. The van der Waals surface area contributed by atoms with Gasteiger partial charge < -0.3 is 79.0 Å². The number of nitrogens with two attached hydrogens (primary N) is 5. The molecule has 17 N–H and O–H groups in total. The van der Waals surface area contributed by atoms with Crippen molar-refractivity contribution in [3.8, 4) is 0 Å². The monoisotopic (exact) mass is 617 g/mol. The highest BCUT2D eigenvalue weighted by Gasteiger charge is 2.59. The highest BCUT2D eigenvalue weighted by atomic mass is 16.7. The Kier molecular flexibility index (Phi) is 10.3. The number of aliphatic hydroxyl groups is 5. The molecule has 248 valence electrons. The van der Waals surface area contributed by atoms with Crippen LogP contribution >= 0.6 is 0 Å². The zero-order chi connectivity index (χ0) is 31.2. The standard InChI is InChI=1S/C27H51N7O9/c28-11-3-10(4-11)7-33-8-12-1-2-13(29)23(41-12)18-14(30)5-15(34-26(39)27(40)6-17(27)31)24(21(18)37)43-25-22(38)19(32)20(36)16(9-35)42-25/h10-25,33,35-38,40H,1-9,28-32H2,(H,34,39). The van der Waals surface area contributed by atoms with Crippen LogP contribution < -0.4 is 39.3 Å². The highest BCUT2D eigenvalue weighted by molar-refractivity contribution is 5.89. The Morgan fingerprint density at radius 3 is 2.26 bits per heavy atom. The lowest BCUT2D eigenvalue weighted by atomic mass is 9.72. The minimum Gasteiger partial charge on any atom is -0.394 e. The van der Waals surface area contributed by atoms with Crippen molar-refractivity contribution in [1.29, 1.82) is 0 Å². The summed E-state index contributed by atoms with van der Waals surface area (Å²) in [5.74, 6) is -0.901. The van der Waals surface area contributed by atoms with Crippen molar-refractivity contribution in [2.75, 3.05) is 19.7 Å². The van der Waals surface area contributed by atoms with E-state index in [1.165, 1.54) is 0 Å². The Labute approximate surface area is 250 Å². The summed E-state index contributed by atoms with van der Waals surface area (Å²) in [5.41, 5.74) is 29.0. The van der Waals surface area contributed by atoms with Crippen LogP contribution in [0.3, 0.4) is 0 Å². The zero-order valence-electron chi connectivity index (χ0n) is 24.4. The predicted molar refractivity (Wildman–Crippen MR) is 152 cm³/mol. The molecule has 3 saturated carbocycles. The van der Waals surface area contributed by atoms with Crippen LogP contribution in [0.1, 0.15) is 38.5 Å². The molecule has 5 rings (SSSR count). The molecule has 2 aliphatic heterocycles. The summed E-state index contributed by atoms with van der Waals surface area (Å²) in [5, 5.41) is 59.2. The van der Waals surface area contributed by atoms with E-state index in [0.717, 1.165) is 25.8 Å². The first-order chi connectivity index (χ1) is 20.3. The Hall–Kier alpha value is -1.09. The molecule has 5 fully saturated rings. The smallest absolute Gasteiger partial charge is 0.253 e. The van der Waals surface area contributed by atoms with E-state index in [4.69, 9.17) is 42.9 Å². The molecular weight excluding hydrogens is 566 g/mol. The minimum atomic E-state index is -1.74. The van der Waals surface area contributed by atoms with Crippen molar-refractivity contribution in [3.05, 3.63) is 0 Å². The fraction of sp³-hybridized carbons (Fsp3) is 0.963. The fourth-order valence-corrected chi connectivity index (χ4v) is 7.13. The van der Waals surface area contributed by atoms with Gasteiger partial charge in [-0.2, -0.15) is 0 Å². The average Bonchev–Trinajstić information content (AvgIpc) is 3.58. The first kappa shape index (κ1) is 33.3. The molecule has 16 heteroatoms.